The normalized spacial score (nSPS) is 16.2. The Morgan fingerprint density at radius 1 is 1.00 bits per heavy atom. The minimum Gasteiger partial charge on any atom is -0.497 e. The monoisotopic (exact) mass is 464 g/mol. The number of ether oxygens (including phenoxy) is 2. The number of benzene rings is 2. The van der Waals surface area contributed by atoms with Gasteiger partial charge < -0.3 is 14.6 Å². The van der Waals surface area contributed by atoms with E-state index >= 15 is 0 Å². The Morgan fingerprint density at radius 3 is 2.36 bits per heavy atom. The Balaban J connectivity index is 1.77. The average Bonchev–Trinajstić information content (AvgIpc) is 3.42. The number of hydrogen-bond acceptors (Lipinski definition) is 7. The fourth-order valence-electron chi connectivity index (χ4n) is 4.05. The molecule has 0 aliphatic carbocycles. The molecule has 2 heterocycles. The van der Waals surface area contributed by atoms with Crippen LogP contribution >= 0.6 is 11.3 Å². The second-order valence-electron chi connectivity index (χ2n) is 7.78. The van der Waals surface area contributed by atoms with E-state index in [2.05, 4.69) is 9.98 Å². The summed E-state index contributed by atoms with van der Waals surface area (Å²) in [7, 11) is 3.13. The Morgan fingerprint density at radius 2 is 1.73 bits per heavy atom. The number of nitrogens with zero attached hydrogens (tertiary/aromatic N) is 2. The predicted molar refractivity (Wildman–Crippen MR) is 124 cm³/mol. The van der Waals surface area contributed by atoms with Crippen LogP contribution in [0.15, 0.2) is 64.6 Å². The van der Waals surface area contributed by atoms with Crippen LogP contribution in [0.5, 0.6) is 10.8 Å². The van der Waals surface area contributed by atoms with Crippen molar-refractivity contribution in [2.75, 3.05) is 14.2 Å². The molecular formula is C25H24N2O5S. The van der Waals surface area contributed by atoms with Gasteiger partial charge in [-0.05, 0) is 67.4 Å². The Labute approximate surface area is 195 Å². The maximum Gasteiger partial charge on any atom is 0.311 e. The summed E-state index contributed by atoms with van der Waals surface area (Å²) in [6, 6.07) is 15.7. The smallest absolute Gasteiger partial charge is 0.311 e. The minimum absolute atomic E-state index is 0.200. The summed E-state index contributed by atoms with van der Waals surface area (Å²) in [4.78, 5) is 36.0. The third-order valence-electron chi connectivity index (χ3n) is 5.65. The number of methoxy groups -OCH3 is 2. The second kappa shape index (κ2) is 9.54. The lowest BCUT2D eigenvalue weighted by Gasteiger charge is -2.23. The summed E-state index contributed by atoms with van der Waals surface area (Å²) in [5.74, 6) is -2.56. The van der Waals surface area contributed by atoms with Crippen molar-refractivity contribution in [3.63, 3.8) is 0 Å². The summed E-state index contributed by atoms with van der Waals surface area (Å²) in [5, 5.41) is 12.4. The summed E-state index contributed by atoms with van der Waals surface area (Å²) >= 11 is 1.40. The van der Waals surface area contributed by atoms with Crippen LogP contribution in [-0.4, -0.2) is 37.2 Å². The van der Waals surface area contributed by atoms with Crippen LogP contribution in [0.1, 0.15) is 33.6 Å². The van der Waals surface area contributed by atoms with Crippen molar-refractivity contribution in [2.45, 2.75) is 25.4 Å². The molecule has 8 heteroatoms. The first kappa shape index (κ1) is 22.7. The number of rotatable bonds is 9. The van der Waals surface area contributed by atoms with E-state index in [-0.39, 0.29) is 18.4 Å². The molecule has 3 atom stereocenters. The fraction of sp³-hybridized carbons (Fsp3) is 0.280. The van der Waals surface area contributed by atoms with Gasteiger partial charge in [0.25, 0.3) is 0 Å². The van der Waals surface area contributed by atoms with Gasteiger partial charge in [-0.3, -0.25) is 19.6 Å². The summed E-state index contributed by atoms with van der Waals surface area (Å²) in [6.07, 6.45) is 0.0686. The first-order valence-electron chi connectivity index (χ1n) is 10.5. The Kier molecular flexibility index (Phi) is 6.55. The Bertz CT molecular complexity index is 1300. The highest BCUT2D eigenvalue weighted by Crippen LogP contribution is 2.34. The molecule has 170 valence electrons. The number of aliphatic carboxylic acids is 1. The van der Waals surface area contributed by atoms with E-state index in [0.29, 0.717) is 27.3 Å². The van der Waals surface area contributed by atoms with E-state index in [9.17, 15) is 14.7 Å². The Hall–Kier alpha value is -3.52. The number of fused-ring (bicyclic) bond motifs is 1. The van der Waals surface area contributed by atoms with Crippen molar-refractivity contribution in [3.8, 4) is 10.8 Å². The van der Waals surface area contributed by atoms with Crippen molar-refractivity contribution in [3.05, 3.63) is 81.3 Å². The SMILES string of the molecule is COc1ccc(C(=O)C(Cc2ccc(OC)s2)C(C(=O)O)c2ccc3c(c2)=N[C@H](C)N=3)cc1. The molecule has 1 aromatic heterocycles. The van der Waals surface area contributed by atoms with Crippen molar-refractivity contribution in [1.82, 2.24) is 0 Å². The van der Waals surface area contributed by atoms with E-state index in [0.717, 1.165) is 10.2 Å². The molecule has 0 saturated carbocycles. The molecule has 33 heavy (non-hydrogen) atoms. The molecular weight excluding hydrogens is 440 g/mol. The van der Waals surface area contributed by atoms with Crippen LogP contribution in [-0.2, 0) is 11.2 Å². The molecule has 1 aliphatic heterocycles. The van der Waals surface area contributed by atoms with Gasteiger partial charge in [-0.15, -0.1) is 11.3 Å². The number of carboxylic acids is 1. The molecule has 1 aliphatic rings. The summed E-state index contributed by atoms with van der Waals surface area (Å²) in [5.41, 5.74) is 0.967. The van der Waals surface area contributed by atoms with Gasteiger partial charge in [-0.2, -0.15) is 0 Å². The van der Waals surface area contributed by atoms with Crippen LogP contribution in [0.4, 0.5) is 0 Å². The van der Waals surface area contributed by atoms with E-state index in [1.54, 1.807) is 56.7 Å². The van der Waals surface area contributed by atoms with Gasteiger partial charge in [0, 0.05) is 16.4 Å². The van der Waals surface area contributed by atoms with Crippen LogP contribution in [0.3, 0.4) is 0 Å². The molecule has 2 aromatic carbocycles. The largest absolute Gasteiger partial charge is 0.497 e. The van der Waals surface area contributed by atoms with Gasteiger partial charge in [0.05, 0.1) is 30.9 Å². The maximum absolute atomic E-state index is 13.7. The van der Waals surface area contributed by atoms with Crippen LogP contribution in [0.25, 0.3) is 0 Å². The lowest BCUT2D eigenvalue weighted by atomic mass is 9.79. The third kappa shape index (κ3) is 4.80. The van der Waals surface area contributed by atoms with Crippen LogP contribution in [0.2, 0.25) is 0 Å². The van der Waals surface area contributed by atoms with E-state index in [1.165, 1.54) is 11.3 Å². The summed E-state index contributed by atoms with van der Waals surface area (Å²) < 4.78 is 10.5. The number of carbonyl (C=O) groups excluding carboxylic acids is 1. The number of ketones is 1. The zero-order valence-electron chi connectivity index (χ0n) is 18.5. The molecule has 3 aromatic rings. The number of hydrogen-bond donors (Lipinski definition) is 1. The average molecular weight is 465 g/mol. The molecule has 0 saturated heterocycles. The topological polar surface area (TPSA) is 97.5 Å². The lowest BCUT2D eigenvalue weighted by molar-refractivity contribution is -0.139. The standard InChI is InChI=1S/C25H24N2O5S/c1-14-26-20-10-6-16(12-21(20)27-14)23(25(29)30)19(13-18-9-11-22(32-3)33-18)24(28)15-4-7-17(31-2)8-5-15/h4-12,14,19,23H,13H2,1-3H3,(H,29,30)/t14-,19?,23?/m1/s1. The van der Waals surface area contributed by atoms with Gasteiger partial charge in [0.2, 0.25) is 0 Å². The zero-order chi connectivity index (χ0) is 23.5. The second-order valence-corrected chi connectivity index (χ2v) is 8.91. The highest BCUT2D eigenvalue weighted by atomic mass is 32.1. The molecule has 0 amide bonds. The molecule has 0 fully saturated rings. The van der Waals surface area contributed by atoms with Crippen LogP contribution in [0, 0.1) is 5.92 Å². The zero-order valence-corrected chi connectivity index (χ0v) is 19.3. The van der Waals surface area contributed by atoms with Crippen molar-refractivity contribution in [1.29, 1.82) is 0 Å². The highest BCUT2D eigenvalue weighted by molar-refractivity contribution is 7.13. The van der Waals surface area contributed by atoms with E-state index in [1.807, 2.05) is 19.1 Å². The first-order chi connectivity index (χ1) is 15.9. The molecule has 2 unspecified atom stereocenters. The lowest BCUT2D eigenvalue weighted by Crippen LogP contribution is -2.32. The molecule has 0 bridgehead atoms. The van der Waals surface area contributed by atoms with Gasteiger partial charge >= 0.3 is 5.97 Å². The molecule has 4 rings (SSSR count). The first-order valence-corrected chi connectivity index (χ1v) is 11.3. The number of thiophene rings is 1. The molecule has 7 nitrogen and oxygen atoms in total. The number of Topliss-reactive ketones (excluding diaryl/α,β-unsaturated/α-hetero) is 1. The van der Waals surface area contributed by atoms with Gasteiger partial charge in [0.1, 0.15) is 11.9 Å². The maximum atomic E-state index is 13.7. The van der Waals surface area contributed by atoms with Crippen molar-refractivity contribution < 1.29 is 24.2 Å². The minimum atomic E-state index is -1.06. The van der Waals surface area contributed by atoms with Gasteiger partial charge in [0.15, 0.2) is 10.8 Å². The van der Waals surface area contributed by atoms with E-state index in [4.69, 9.17) is 9.47 Å². The molecule has 1 N–H and O–H groups in total. The summed E-state index contributed by atoms with van der Waals surface area (Å²) in [6.45, 7) is 1.87. The number of carboxylic acid groups (broad SMARTS) is 1. The predicted octanol–water partition coefficient (Wildman–Crippen LogP) is 3.27. The molecule has 0 spiro atoms. The van der Waals surface area contributed by atoms with Crippen molar-refractivity contribution in [2.24, 2.45) is 15.9 Å². The van der Waals surface area contributed by atoms with Gasteiger partial charge in [-0.25, -0.2) is 0 Å². The fourth-order valence-corrected chi connectivity index (χ4v) is 4.93. The van der Waals surface area contributed by atoms with E-state index < -0.39 is 17.8 Å². The highest BCUT2D eigenvalue weighted by Gasteiger charge is 2.36. The number of carbonyl (C=O) groups is 2. The third-order valence-corrected chi connectivity index (χ3v) is 6.72. The quantitative estimate of drug-likeness (QED) is 0.490. The molecule has 0 radical (unpaired) electrons. The van der Waals surface area contributed by atoms with Crippen molar-refractivity contribution >= 4 is 23.1 Å². The van der Waals surface area contributed by atoms with Crippen LogP contribution < -0.4 is 20.2 Å². The van der Waals surface area contributed by atoms with Gasteiger partial charge in [-0.1, -0.05) is 6.07 Å².